The molecule has 0 unspecified atom stereocenters. The number of nitrogens with zero attached hydrogens (tertiary/aromatic N) is 1. The minimum atomic E-state index is -4.14. The van der Waals surface area contributed by atoms with Crippen LogP contribution in [0.1, 0.15) is 18.1 Å². The molecule has 0 amide bonds. The zero-order valence-electron chi connectivity index (χ0n) is 12.1. The van der Waals surface area contributed by atoms with E-state index >= 15 is 0 Å². The lowest BCUT2D eigenvalue weighted by Crippen LogP contribution is -2.13. The maximum Gasteiger partial charge on any atom is 0.339 e. The summed E-state index contributed by atoms with van der Waals surface area (Å²) in [6.07, 6.45) is 0.420. The maximum atomic E-state index is 12.5. The van der Waals surface area contributed by atoms with Crippen molar-refractivity contribution in [1.82, 2.24) is 0 Å². The van der Waals surface area contributed by atoms with E-state index in [0.717, 1.165) is 6.07 Å². The van der Waals surface area contributed by atoms with Gasteiger partial charge in [-0.05, 0) is 30.5 Å². The van der Waals surface area contributed by atoms with Crippen LogP contribution in [0.15, 0.2) is 47.4 Å². The molecule has 2 rings (SSSR count). The van der Waals surface area contributed by atoms with Crippen LogP contribution in [0.3, 0.4) is 0 Å². The maximum absolute atomic E-state index is 12.5. The minimum Gasteiger partial charge on any atom is -0.379 e. The average Bonchev–Trinajstić information content (AvgIpc) is 2.48. The van der Waals surface area contributed by atoms with Gasteiger partial charge in [-0.3, -0.25) is 10.1 Å². The Balaban J connectivity index is 2.51. The van der Waals surface area contributed by atoms with Crippen molar-refractivity contribution in [2.24, 2.45) is 0 Å². The Labute approximate surface area is 128 Å². The normalized spacial score (nSPS) is 11.2. The Hall–Kier alpha value is -2.41. The lowest BCUT2D eigenvalue weighted by molar-refractivity contribution is -0.385. The van der Waals surface area contributed by atoms with Gasteiger partial charge < -0.3 is 4.18 Å². The van der Waals surface area contributed by atoms with Gasteiger partial charge in [0.05, 0.1) is 4.92 Å². The topological polar surface area (TPSA) is 86.5 Å². The van der Waals surface area contributed by atoms with Gasteiger partial charge in [-0.2, -0.15) is 8.42 Å². The molecule has 0 heterocycles. The number of rotatable bonds is 5. The third-order valence-corrected chi connectivity index (χ3v) is 4.52. The van der Waals surface area contributed by atoms with E-state index in [2.05, 4.69) is 0 Å². The van der Waals surface area contributed by atoms with Crippen molar-refractivity contribution in [3.8, 4) is 5.75 Å². The molecule has 0 spiro atoms. The fourth-order valence-electron chi connectivity index (χ4n) is 1.99. The summed E-state index contributed by atoms with van der Waals surface area (Å²) in [5.41, 5.74) is 0.845. The second-order valence-electron chi connectivity index (χ2n) is 4.71. The van der Waals surface area contributed by atoms with Crippen LogP contribution in [-0.4, -0.2) is 13.3 Å². The first kappa shape index (κ1) is 16.0. The molecule has 22 heavy (non-hydrogen) atoms. The van der Waals surface area contributed by atoms with E-state index in [1.54, 1.807) is 32.0 Å². The lowest BCUT2D eigenvalue weighted by atomic mass is 10.1. The molecule has 0 fully saturated rings. The Kier molecular flexibility index (Phi) is 4.46. The quantitative estimate of drug-likeness (QED) is 0.479. The van der Waals surface area contributed by atoms with E-state index in [4.69, 9.17) is 4.18 Å². The van der Waals surface area contributed by atoms with Crippen LogP contribution >= 0.6 is 0 Å². The highest BCUT2D eigenvalue weighted by atomic mass is 32.2. The number of hydrogen-bond donors (Lipinski definition) is 0. The molecule has 0 atom stereocenters. The molecule has 2 aromatic carbocycles. The summed E-state index contributed by atoms with van der Waals surface area (Å²) in [4.78, 5) is 10.1. The number of nitro benzene ring substituents is 1. The van der Waals surface area contributed by atoms with Crippen molar-refractivity contribution in [2.45, 2.75) is 25.2 Å². The van der Waals surface area contributed by atoms with Gasteiger partial charge in [0, 0.05) is 12.1 Å². The Bertz CT molecular complexity index is 814. The van der Waals surface area contributed by atoms with Crippen LogP contribution in [0, 0.1) is 17.0 Å². The molecule has 0 radical (unpaired) electrons. The van der Waals surface area contributed by atoms with E-state index in [0.29, 0.717) is 17.5 Å². The van der Waals surface area contributed by atoms with Gasteiger partial charge in [0.15, 0.2) is 0 Å². The van der Waals surface area contributed by atoms with Crippen LogP contribution in [-0.2, 0) is 16.5 Å². The SMILES string of the molecule is CCc1ccc([N+](=O)[O-])cc1S(=O)(=O)Oc1ccccc1C. The van der Waals surface area contributed by atoms with Gasteiger partial charge in [0.2, 0.25) is 0 Å². The summed E-state index contributed by atoms with van der Waals surface area (Å²) < 4.78 is 30.1. The zero-order chi connectivity index (χ0) is 16.3. The van der Waals surface area contributed by atoms with Crippen molar-refractivity contribution in [1.29, 1.82) is 0 Å². The van der Waals surface area contributed by atoms with Crippen LogP contribution in [0.25, 0.3) is 0 Å². The monoisotopic (exact) mass is 321 g/mol. The second kappa shape index (κ2) is 6.15. The van der Waals surface area contributed by atoms with E-state index in [1.165, 1.54) is 18.2 Å². The second-order valence-corrected chi connectivity index (χ2v) is 6.22. The van der Waals surface area contributed by atoms with Crippen LogP contribution in [0.2, 0.25) is 0 Å². The van der Waals surface area contributed by atoms with Crippen LogP contribution in [0.4, 0.5) is 5.69 Å². The highest BCUT2D eigenvalue weighted by Gasteiger charge is 2.24. The number of non-ortho nitro benzene ring substituents is 1. The van der Waals surface area contributed by atoms with Gasteiger partial charge in [0.1, 0.15) is 10.6 Å². The first-order valence-corrected chi connectivity index (χ1v) is 8.03. The molecule has 6 nitrogen and oxygen atoms in total. The van der Waals surface area contributed by atoms with E-state index in [9.17, 15) is 18.5 Å². The highest BCUT2D eigenvalue weighted by molar-refractivity contribution is 7.87. The predicted molar refractivity (Wildman–Crippen MR) is 81.5 cm³/mol. The fraction of sp³-hybridized carbons (Fsp3) is 0.200. The van der Waals surface area contributed by atoms with Crippen molar-refractivity contribution < 1.29 is 17.5 Å². The molecule has 0 aliphatic heterocycles. The molecule has 7 heteroatoms. The summed E-state index contributed by atoms with van der Waals surface area (Å²) in [6.45, 7) is 3.49. The molecular weight excluding hydrogens is 306 g/mol. The van der Waals surface area contributed by atoms with Gasteiger partial charge in [-0.25, -0.2) is 0 Å². The molecule has 0 aliphatic rings. The van der Waals surface area contributed by atoms with E-state index < -0.39 is 15.0 Å². The largest absolute Gasteiger partial charge is 0.379 e. The van der Waals surface area contributed by atoms with Crippen molar-refractivity contribution in [3.63, 3.8) is 0 Å². The predicted octanol–water partition coefficient (Wildman–Crippen LogP) is 3.23. The molecule has 0 aromatic heterocycles. The number of nitro groups is 1. The van der Waals surface area contributed by atoms with Gasteiger partial charge in [-0.1, -0.05) is 31.2 Å². The van der Waals surface area contributed by atoms with Gasteiger partial charge in [-0.15, -0.1) is 0 Å². The first-order chi connectivity index (χ1) is 10.3. The Morgan fingerprint density at radius 2 is 1.86 bits per heavy atom. The summed E-state index contributed by atoms with van der Waals surface area (Å²) in [5.74, 6) is 0.205. The molecule has 0 bridgehead atoms. The van der Waals surface area contributed by atoms with Crippen LogP contribution < -0.4 is 4.18 Å². The van der Waals surface area contributed by atoms with E-state index in [1.807, 2.05) is 0 Å². The number of benzene rings is 2. The molecule has 0 aliphatic carbocycles. The summed E-state index contributed by atoms with van der Waals surface area (Å²) in [6, 6.07) is 10.4. The van der Waals surface area contributed by atoms with Crippen molar-refractivity contribution >= 4 is 15.8 Å². The number of para-hydroxylation sites is 1. The fourth-order valence-corrected chi connectivity index (χ4v) is 3.31. The summed E-state index contributed by atoms with van der Waals surface area (Å²) in [5, 5.41) is 10.9. The molecule has 0 N–H and O–H groups in total. The minimum absolute atomic E-state index is 0.174. The molecular formula is C15H15NO5S. The molecule has 0 saturated carbocycles. The standard InChI is InChI=1S/C15H15NO5S/c1-3-12-8-9-13(16(17)18)10-15(12)22(19,20)21-14-7-5-4-6-11(14)2/h4-10H,3H2,1-2H3. The third kappa shape index (κ3) is 3.25. The molecule has 116 valence electrons. The Morgan fingerprint density at radius 3 is 2.45 bits per heavy atom. The smallest absolute Gasteiger partial charge is 0.339 e. The number of aryl methyl sites for hydroxylation is 2. The number of hydrogen-bond acceptors (Lipinski definition) is 5. The van der Waals surface area contributed by atoms with Crippen molar-refractivity contribution in [3.05, 3.63) is 63.7 Å². The van der Waals surface area contributed by atoms with Crippen molar-refractivity contribution in [2.75, 3.05) is 0 Å². The third-order valence-electron chi connectivity index (χ3n) is 3.20. The lowest BCUT2D eigenvalue weighted by Gasteiger charge is -2.11. The molecule has 0 saturated heterocycles. The average molecular weight is 321 g/mol. The highest BCUT2D eigenvalue weighted by Crippen LogP contribution is 2.27. The van der Waals surface area contributed by atoms with Gasteiger partial charge in [0.25, 0.3) is 5.69 Å². The first-order valence-electron chi connectivity index (χ1n) is 6.62. The summed E-state index contributed by atoms with van der Waals surface area (Å²) in [7, 11) is -4.14. The van der Waals surface area contributed by atoms with Gasteiger partial charge >= 0.3 is 10.1 Å². The summed E-state index contributed by atoms with van der Waals surface area (Å²) >= 11 is 0. The Morgan fingerprint density at radius 1 is 1.18 bits per heavy atom. The van der Waals surface area contributed by atoms with Crippen LogP contribution in [0.5, 0.6) is 5.75 Å². The molecule has 2 aromatic rings. The van der Waals surface area contributed by atoms with E-state index in [-0.39, 0.29) is 16.3 Å². The zero-order valence-corrected chi connectivity index (χ0v) is 13.0.